The van der Waals surface area contributed by atoms with Crippen LogP contribution in [0.15, 0.2) is 35.3 Å². The monoisotopic (exact) mass is 525 g/mol. The first-order chi connectivity index (χ1) is 14.3. The van der Waals surface area contributed by atoms with Gasteiger partial charge >= 0.3 is 0 Å². The predicted octanol–water partition coefficient (Wildman–Crippen LogP) is 3.51. The first-order valence-corrected chi connectivity index (χ1v) is 11.7. The Morgan fingerprint density at radius 3 is 2.63 bits per heavy atom. The standard InChI is InChI=1S/C24H39N5.HI/c1-3-27-14-11-21(17-27)16-26-24(25-2)29-15-12-23-22(19-29)10-7-13-28(23)18-20-8-5-4-6-9-20;/h4-6,8-9,21-23H,3,7,10-19H2,1-2H3,(H,25,26);1H. The third kappa shape index (κ3) is 5.88. The summed E-state index contributed by atoms with van der Waals surface area (Å²) in [5, 5.41) is 3.71. The van der Waals surface area contributed by atoms with Crippen LogP contribution in [0.1, 0.15) is 38.2 Å². The van der Waals surface area contributed by atoms with Gasteiger partial charge in [0.05, 0.1) is 0 Å². The van der Waals surface area contributed by atoms with Crippen LogP contribution < -0.4 is 5.32 Å². The number of nitrogens with zero attached hydrogens (tertiary/aromatic N) is 4. The molecule has 3 aliphatic heterocycles. The van der Waals surface area contributed by atoms with Crippen LogP contribution in [0.25, 0.3) is 0 Å². The molecule has 0 saturated carbocycles. The summed E-state index contributed by atoms with van der Waals surface area (Å²) in [7, 11) is 1.95. The van der Waals surface area contributed by atoms with Crippen LogP contribution in [0.2, 0.25) is 0 Å². The van der Waals surface area contributed by atoms with E-state index in [4.69, 9.17) is 0 Å². The number of rotatable bonds is 5. The Morgan fingerprint density at radius 2 is 1.90 bits per heavy atom. The molecule has 1 N–H and O–H groups in total. The molecular formula is C24H40IN5. The molecule has 3 atom stereocenters. The lowest BCUT2D eigenvalue weighted by atomic mass is 9.83. The Kier molecular flexibility index (Phi) is 9.26. The molecule has 168 valence electrons. The molecule has 1 aromatic carbocycles. The highest BCUT2D eigenvalue weighted by molar-refractivity contribution is 14.0. The molecule has 5 nitrogen and oxygen atoms in total. The zero-order chi connectivity index (χ0) is 20.1. The number of guanidine groups is 1. The molecule has 6 heteroatoms. The number of piperidine rings is 2. The van der Waals surface area contributed by atoms with Crippen LogP contribution in [0, 0.1) is 11.8 Å². The Morgan fingerprint density at radius 1 is 1.07 bits per heavy atom. The van der Waals surface area contributed by atoms with E-state index in [1.165, 1.54) is 57.4 Å². The molecular weight excluding hydrogens is 485 g/mol. The van der Waals surface area contributed by atoms with E-state index >= 15 is 0 Å². The maximum atomic E-state index is 4.64. The van der Waals surface area contributed by atoms with Crippen molar-refractivity contribution in [3.63, 3.8) is 0 Å². The van der Waals surface area contributed by atoms with E-state index < -0.39 is 0 Å². The van der Waals surface area contributed by atoms with E-state index in [0.29, 0.717) is 0 Å². The van der Waals surface area contributed by atoms with Crippen molar-refractivity contribution >= 4 is 29.9 Å². The fraction of sp³-hybridized carbons (Fsp3) is 0.708. The van der Waals surface area contributed by atoms with Crippen molar-refractivity contribution in [1.29, 1.82) is 0 Å². The van der Waals surface area contributed by atoms with Crippen LogP contribution in [-0.4, -0.2) is 79.6 Å². The highest BCUT2D eigenvalue weighted by Gasteiger charge is 2.36. The Labute approximate surface area is 200 Å². The number of fused-ring (bicyclic) bond motifs is 1. The molecule has 0 aliphatic carbocycles. The summed E-state index contributed by atoms with van der Waals surface area (Å²) in [6.07, 6.45) is 5.25. The summed E-state index contributed by atoms with van der Waals surface area (Å²) in [4.78, 5) is 12.5. The average Bonchev–Trinajstić information content (AvgIpc) is 3.23. The zero-order valence-corrected chi connectivity index (χ0v) is 21.1. The number of aliphatic imine (C=N–C) groups is 1. The van der Waals surface area contributed by atoms with Crippen LogP contribution >= 0.6 is 24.0 Å². The zero-order valence-electron chi connectivity index (χ0n) is 18.8. The van der Waals surface area contributed by atoms with Crippen molar-refractivity contribution in [3.05, 3.63) is 35.9 Å². The highest BCUT2D eigenvalue weighted by Crippen LogP contribution is 2.31. The summed E-state index contributed by atoms with van der Waals surface area (Å²) >= 11 is 0. The second-order valence-electron chi connectivity index (χ2n) is 9.14. The Balaban J connectivity index is 0.00000256. The van der Waals surface area contributed by atoms with Crippen molar-refractivity contribution in [2.45, 2.75) is 45.2 Å². The summed E-state index contributed by atoms with van der Waals surface area (Å²) in [6.45, 7) is 11.6. The number of likely N-dealkylation sites (tertiary alicyclic amines) is 3. The summed E-state index contributed by atoms with van der Waals surface area (Å²) in [5.41, 5.74) is 1.45. The number of nitrogens with one attached hydrogen (secondary N) is 1. The molecule has 3 heterocycles. The van der Waals surface area contributed by atoms with Crippen LogP contribution in [0.3, 0.4) is 0 Å². The molecule has 3 unspecified atom stereocenters. The normalized spacial score (nSPS) is 28.1. The molecule has 0 aromatic heterocycles. The molecule has 0 bridgehead atoms. The van der Waals surface area contributed by atoms with Crippen molar-refractivity contribution in [3.8, 4) is 0 Å². The van der Waals surface area contributed by atoms with Gasteiger partial charge in [-0.25, -0.2) is 0 Å². The van der Waals surface area contributed by atoms with E-state index in [1.807, 2.05) is 7.05 Å². The van der Waals surface area contributed by atoms with Gasteiger partial charge in [0, 0.05) is 45.8 Å². The minimum absolute atomic E-state index is 0. The number of hydrogen-bond donors (Lipinski definition) is 1. The second-order valence-corrected chi connectivity index (χ2v) is 9.14. The Bertz CT molecular complexity index is 667. The Hall–Kier alpha value is -0.860. The molecule has 0 amide bonds. The molecule has 0 radical (unpaired) electrons. The van der Waals surface area contributed by atoms with Crippen molar-refractivity contribution in [2.24, 2.45) is 16.8 Å². The fourth-order valence-corrected chi connectivity index (χ4v) is 5.65. The van der Waals surface area contributed by atoms with Gasteiger partial charge in [-0.3, -0.25) is 9.89 Å². The van der Waals surface area contributed by atoms with Gasteiger partial charge in [-0.05, 0) is 62.7 Å². The van der Waals surface area contributed by atoms with Crippen molar-refractivity contribution in [1.82, 2.24) is 20.0 Å². The van der Waals surface area contributed by atoms with Gasteiger partial charge in [0.1, 0.15) is 0 Å². The van der Waals surface area contributed by atoms with E-state index in [9.17, 15) is 0 Å². The maximum absolute atomic E-state index is 4.64. The molecule has 3 aliphatic rings. The van der Waals surface area contributed by atoms with Gasteiger partial charge in [0.25, 0.3) is 0 Å². The van der Waals surface area contributed by atoms with Gasteiger partial charge in [0.2, 0.25) is 0 Å². The third-order valence-electron chi connectivity index (χ3n) is 7.29. The highest BCUT2D eigenvalue weighted by atomic mass is 127. The van der Waals surface area contributed by atoms with Crippen LogP contribution in [0.5, 0.6) is 0 Å². The largest absolute Gasteiger partial charge is 0.356 e. The summed E-state index contributed by atoms with van der Waals surface area (Å²) in [6, 6.07) is 11.7. The molecule has 1 aromatic rings. The number of halogens is 1. The smallest absolute Gasteiger partial charge is 0.193 e. The second kappa shape index (κ2) is 11.7. The average molecular weight is 526 g/mol. The summed E-state index contributed by atoms with van der Waals surface area (Å²) < 4.78 is 0. The van der Waals surface area contributed by atoms with Gasteiger partial charge < -0.3 is 15.1 Å². The van der Waals surface area contributed by atoms with Gasteiger partial charge in [-0.2, -0.15) is 0 Å². The van der Waals surface area contributed by atoms with Crippen molar-refractivity contribution < 1.29 is 0 Å². The fourth-order valence-electron chi connectivity index (χ4n) is 5.65. The number of hydrogen-bond acceptors (Lipinski definition) is 3. The minimum Gasteiger partial charge on any atom is -0.356 e. The lowest BCUT2D eigenvalue weighted by Gasteiger charge is -2.48. The first-order valence-electron chi connectivity index (χ1n) is 11.7. The third-order valence-corrected chi connectivity index (χ3v) is 7.29. The van der Waals surface area contributed by atoms with Crippen molar-refractivity contribution in [2.75, 3.05) is 52.9 Å². The molecule has 3 saturated heterocycles. The van der Waals surface area contributed by atoms with Gasteiger partial charge in [-0.1, -0.05) is 37.3 Å². The van der Waals surface area contributed by atoms with E-state index in [-0.39, 0.29) is 24.0 Å². The van der Waals surface area contributed by atoms with Gasteiger partial charge in [-0.15, -0.1) is 24.0 Å². The quantitative estimate of drug-likeness (QED) is 0.363. The van der Waals surface area contributed by atoms with E-state index in [1.54, 1.807) is 0 Å². The predicted molar refractivity (Wildman–Crippen MR) is 137 cm³/mol. The maximum Gasteiger partial charge on any atom is 0.193 e. The first kappa shape index (κ1) is 23.8. The molecule has 30 heavy (non-hydrogen) atoms. The van der Waals surface area contributed by atoms with Gasteiger partial charge in [0.15, 0.2) is 5.96 Å². The minimum atomic E-state index is 0. The topological polar surface area (TPSA) is 34.1 Å². The van der Waals surface area contributed by atoms with Crippen LogP contribution in [-0.2, 0) is 6.54 Å². The lowest BCUT2D eigenvalue weighted by Crippen LogP contribution is -2.57. The molecule has 0 spiro atoms. The van der Waals surface area contributed by atoms with E-state index in [2.05, 4.69) is 62.3 Å². The lowest BCUT2D eigenvalue weighted by molar-refractivity contribution is 0.0372. The van der Waals surface area contributed by atoms with Crippen LogP contribution in [0.4, 0.5) is 0 Å². The van der Waals surface area contributed by atoms with E-state index in [0.717, 1.165) is 50.0 Å². The molecule has 3 fully saturated rings. The number of benzene rings is 1. The molecule has 4 rings (SSSR count). The summed E-state index contributed by atoms with van der Waals surface area (Å²) in [5.74, 6) is 2.65. The SMILES string of the molecule is CCN1CCC(CNC(=NC)N2CCC3C(CCCN3Cc3ccccc3)C2)C1.I.